The van der Waals surface area contributed by atoms with Gasteiger partial charge in [-0.1, -0.05) is 15.9 Å². The zero-order chi connectivity index (χ0) is 14.0. The minimum atomic E-state index is -0.751. The van der Waals surface area contributed by atoms with Crippen LogP contribution < -0.4 is 4.74 Å². The summed E-state index contributed by atoms with van der Waals surface area (Å²) in [7, 11) is 0. The molecule has 0 bridgehead atoms. The first-order valence-electron chi connectivity index (χ1n) is 5.04. The molecule has 0 atom stereocenters. The Hall–Kier alpha value is -1.45. The fourth-order valence-electron chi connectivity index (χ4n) is 1.37. The van der Waals surface area contributed by atoms with E-state index in [-0.39, 0.29) is 21.5 Å². The quantitative estimate of drug-likeness (QED) is 0.712. The third-order valence-corrected chi connectivity index (χ3v) is 3.55. The first-order valence-corrected chi connectivity index (χ1v) is 6.62. The minimum Gasteiger partial charge on any atom is -0.451 e. The second kappa shape index (κ2) is 5.68. The molecule has 0 saturated carbocycles. The van der Waals surface area contributed by atoms with E-state index in [1.807, 2.05) is 6.07 Å². The second-order valence-electron chi connectivity index (χ2n) is 3.53. The molecule has 2 aromatic carbocycles. The van der Waals surface area contributed by atoms with Crippen molar-refractivity contribution in [3.8, 4) is 17.6 Å². The molecule has 0 unspecified atom stereocenters. The van der Waals surface area contributed by atoms with Crippen LogP contribution in [-0.2, 0) is 0 Å². The Bertz CT molecular complexity index is 683. The number of halogens is 4. The van der Waals surface area contributed by atoms with Crippen LogP contribution in [0.25, 0.3) is 0 Å². The van der Waals surface area contributed by atoms with Crippen molar-refractivity contribution in [3.63, 3.8) is 0 Å². The van der Waals surface area contributed by atoms with Crippen molar-refractivity contribution in [3.05, 3.63) is 56.5 Å². The van der Waals surface area contributed by atoms with Gasteiger partial charge in [-0.05, 0) is 46.3 Å². The molecule has 2 rings (SSSR count). The highest BCUT2D eigenvalue weighted by molar-refractivity contribution is 9.10. The van der Waals surface area contributed by atoms with Crippen LogP contribution in [0.15, 0.2) is 39.3 Å². The lowest BCUT2D eigenvalue weighted by Crippen LogP contribution is -1.93. The molecule has 6 heteroatoms. The highest BCUT2D eigenvalue weighted by Crippen LogP contribution is 2.33. The van der Waals surface area contributed by atoms with Gasteiger partial charge >= 0.3 is 0 Å². The molecule has 96 valence electrons. The summed E-state index contributed by atoms with van der Waals surface area (Å²) in [6.45, 7) is 0. The number of nitriles is 1. The minimum absolute atomic E-state index is 0.0112. The van der Waals surface area contributed by atoms with Crippen LogP contribution in [0.5, 0.6) is 11.5 Å². The van der Waals surface area contributed by atoms with Crippen LogP contribution in [0.1, 0.15) is 5.56 Å². The van der Waals surface area contributed by atoms with Crippen LogP contribution in [0.3, 0.4) is 0 Å². The van der Waals surface area contributed by atoms with Crippen molar-refractivity contribution >= 4 is 31.9 Å². The lowest BCUT2D eigenvalue weighted by molar-refractivity contribution is 0.413. The smallest absolute Gasteiger partial charge is 0.181 e. The summed E-state index contributed by atoms with van der Waals surface area (Å²) in [6.07, 6.45) is 0. The number of hydrogen-bond acceptors (Lipinski definition) is 2. The second-order valence-corrected chi connectivity index (χ2v) is 5.24. The van der Waals surface area contributed by atoms with E-state index < -0.39 is 11.6 Å². The Morgan fingerprint density at radius 3 is 2.47 bits per heavy atom. The molecule has 0 N–H and O–H groups in total. The van der Waals surface area contributed by atoms with Gasteiger partial charge in [-0.3, -0.25) is 0 Å². The third-order valence-electron chi connectivity index (χ3n) is 2.28. The summed E-state index contributed by atoms with van der Waals surface area (Å²) < 4.78 is 33.2. The molecule has 19 heavy (non-hydrogen) atoms. The van der Waals surface area contributed by atoms with Crippen LogP contribution in [0.2, 0.25) is 0 Å². The average molecular weight is 389 g/mol. The van der Waals surface area contributed by atoms with E-state index >= 15 is 0 Å². The molecular formula is C13H5Br2F2NO. The van der Waals surface area contributed by atoms with Crippen LogP contribution in [0.4, 0.5) is 8.78 Å². The molecule has 0 heterocycles. The van der Waals surface area contributed by atoms with E-state index in [9.17, 15) is 8.78 Å². The van der Waals surface area contributed by atoms with Crippen molar-refractivity contribution in [1.82, 2.24) is 0 Å². The van der Waals surface area contributed by atoms with Gasteiger partial charge in [0, 0.05) is 4.47 Å². The van der Waals surface area contributed by atoms with Gasteiger partial charge in [0.2, 0.25) is 0 Å². The molecule has 0 aromatic heterocycles. The largest absolute Gasteiger partial charge is 0.451 e. The van der Waals surface area contributed by atoms with Crippen LogP contribution >= 0.6 is 31.9 Å². The van der Waals surface area contributed by atoms with Gasteiger partial charge in [0.05, 0.1) is 10.0 Å². The van der Waals surface area contributed by atoms with Gasteiger partial charge < -0.3 is 4.74 Å². The first-order chi connectivity index (χ1) is 9.02. The SMILES string of the molecule is N#Cc1ccc(Oc2cc(Br)ccc2F)c(F)c1Br. The summed E-state index contributed by atoms with van der Waals surface area (Å²) in [5, 5.41) is 8.75. The Balaban J connectivity index is 2.42. The van der Waals surface area contributed by atoms with Crippen LogP contribution in [0, 0.1) is 23.0 Å². The molecule has 2 nitrogen and oxygen atoms in total. The maximum Gasteiger partial charge on any atom is 0.181 e. The van der Waals surface area contributed by atoms with Crippen molar-refractivity contribution in [2.24, 2.45) is 0 Å². The maximum atomic E-state index is 13.9. The molecule has 0 aliphatic carbocycles. The highest BCUT2D eigenvalue weighted by Gasteiger charge is 2.14. The predicted octanol–water partition coefficient (Wildman–Crippen LogP) is 5.15. The standard InChI is InChI=1S/C13H5Br2F2NO/c14-8-2-3-9(16)11(5-8)19-10-4-1-7(6-18)12(15)13(10)17/h1-5H. The van der Waals surface area contributed by atoms with E-state index in [1.165, 1.54) is 30.3 Å². The molecule has 0 aliphatic rings. The van der Waals surface area contributed by atoms with E-state index in [0.717, 1.165) is 0 Å². The Labute approximate surface area is 124 Å². The number of nitrogens with zero attached hydrogens (tertiary/aromatic N) is 1. The first kappa shape index (κ1) is 14.0. The van der Waals surface area contributed by atoms with Crippen molar-refractivity contribution in [1.29, 1.82) is 5.26 Å². The number of rotatable bonds is 2. The molecule has 0 aliphatic heterocycles. The van der Waals surface area contributed by atoms with E-state index in [2.05, 4.69) is 31.9 Å². The van der Waals surface area contributed by atoms with E-state index in [0.29, 0.717) is 4.47 Å². The van der Waals surface area contributed by atoms with E-state index in [1.54, 1.807) is 0 Å². The van der Waals surface area contributed by atoms with Gasteiger partial charge in [-0.2, -0.15) is 5.26 Å². The fraction of sp³-hybridized carbons (Fsp3) is 0. The van der Waals surface area contributed by atoms with Gasteiger partial charge in [0.25, 0.3) is 0 Å². The lowest BCUT2D eigenvalue weighted by atomic mass is 10.2. The molecule has 0 fully saturated rings. The van der Waals surface area contributed by atoms with Crippen molar-refractivity contribution in [2.75, 3.05) is 0 Å². The summed E-state index contributed by atoms with van der Waals surface area (Å²) in [5.41, 5.74) is 0.138. The Kier molecular flexibility index (Phi) is 4.17. The predicted molar refractivity (Wildman–Crippen MR) is 73.0 cm³/mol. The molecule has 0 radical (unpaired) electrons. The Morgan fingerprint density at radius 1 is 1.05 bits per heavy atom. The lowest BCUT2D eigenvalue weighted by Gasteiger charge is -2.09. The van der Waals surface area contributed by atoms with Gasteiger partial charge in [-0.15, -0.1) is 0 Å². The van der Waals surface area contributed by atoms with Crippen LogP contribution in [-0.4, -0.2) is 0 Å². The summed E-state index contributed by atoms with van der Waals surface area (Å²) >= 11 is 6.13. The summed E-state index contributed by atoms with van der Waals surface area (Å²) in [6, 6.07) is 8.59. The molecule has 0 saturated heterocycles. The van der Waals surface area contributed by atoms with E-state index in [4.69, 9.17) is 10.00 Å². The highest BCUT2D eigenvalue weighted by atomic mass is 79.9. The monoisotopic (exact) mass is 387 g/mol. The molecule has 0 amide bonds. The van der Waals surface area contributed by atoms with Gasteiger partial charge in [0.1, 0.15) is 6.07 Å². The molecule has 2 aromatic rings. The van der Waals surface area contributed by atoms with Crippen molar-refractivity contribution in [2.45, 2.75) is 0 Å². The maximum absolute atomic E-state index is 13.9. The molecule has 0 spiro atoms. The number of ether oxygens (including phenoxy) is 1. The zero-order valence-corrected chi connectivity index (χ0v) is 12.4. The third kappa shape index (κ3) is 2.94. The molecular weight excluding hydrogens is 384 g/mol. The fourth-order valence-corrected chi connectivity index (χ4v) is 2.13. The normalized spacial score (nSPS) is 10.1. The summed E-state index contributed by atoms with van der Waals surface area (Å²) in [5.74, 6) is -1.63. The number of hydrogen-bond donors (Lipinski definition) is 0. The van der Waals surface area contributed by atoms with Gasteiger partial charge in [0.15, 0.2) is 23.1 Å². The number of benzene rings is 2. The zero-order valence-electron chi connectivity index (χ0n) is 9.25. The van der Waals surface area contributed by atoms with Gasteiger partial charge in [-0.25, -0.2) is 8.78 Å². The Morgan fingerprint density at radius 2 is 1.79 bits per heavy atom. The summed E-state index contributed by atoms with van der Waals surface area (Å²) in [4.78, 5) is 0. The topological polar surface area (TPSA) is 33.0 Å². The van der Waals surface area contributed by atoms with Crippen molar-refractivity contribution < 1.29 is 13.5 Å². The average Bonchev–Trinajstić information content (AvgIpc) is 2.39.